The third-order valence-corrected chi connectivity index (χ3v) is 2.87. The van der Waals surface area contributed by atoms with Crippen LogP contribution in [0, 0.1) is 0 Å². The van der Waals surface area contributed by atoms with Gasteiger partial charge in [-0.15, -0.1) is 0 Å². The van der Waals surface area contributed by atoms with Gasteiger partial charge in [0.05, 0.1) is 0 Å². The summed E-state index contributed by atoms with van der Waals surface area (Å²) in [5.41, 5.74) is 3.53. The molecule has 0 saturated heterocycles. The van der Waals surface area contributed by atoms with Gasteiger partial charge < -0.3 is 5.32 Å². The van der Waals surface area contributed by atoms with Crippen molar-refractivity contribution in [1.29, 1.82) is 0 Å². The van der Waals surface area contributed by atoms with Gasteiger partial charge in [-0.1, -0.05) is 61.5 Å². The van der Waals surface area contributed by atoms with Gasteiger partial charge in [-0.2, -0.15) is 0 Å². The van der Waals surface area contributed by atoms with Crippen LogP contribution in [0.1, 0.15) is 18.9 Å². The third-order valence-electron chi connectivity index (χ3n) is 2.87. The molecule has 18 heavy (non-hydrogen) atoms. The molecule has 1 amide bonds. The Morgan fingerprint density at radius 2 is 1.56 bits per heavy atom. The van der Waals surface area contributed by atoms with Crippen LogP contribution in [0.2, 0.25) is 0 Å². The Kier molecular flexibility index (Phi) is 4.13. The third kappa shape index (κ3) is 3.20. The molecule has 2 nitrogen and oxygen atoms in total. The highest BCUT2D eigenvalue weighted by atomic mass is 16.1. The molecule has 1 N–H and O–H groups in total. The van der Waals surface area contributed by atoms with Gasteiger partial charge in [-0.05, 0) is 16.7 Å². The van der Waals surface area contributed by atoms with Crippen molar-refractivity contribution in [2.75, 3.05) is 0 Å². The van der Waals surface area contributed by atoms with E-state index < -0.39 is 0 Å². The van der Waals surface area contributed by atoms with E-state index in [4.69, 9.17) is 0 Å². The number of carbonyl (C=O) groups is 1. The predicted octanol–water partition coefficient (Wildman–Crippen LogP) is 3.38. The first kappa shape index (κ1) is 12.4. The zero-order valence-corrected chi connectivity index (χ0v) is 10.5. The Morgan fingerprint density at radius 3 is 2.17 bits per heavy atom. The van der Waals surface area contributed by atoms with Gasteiger partial charge in [0, 0.05) is 13.0 Å². The van der Waals surface area contributed by atoms with Crippen LogP contribution in [0.5, 0.6) is 0 Å². The minimum Gasteiger partial charge on any atom is -0.352 e. The molecule has 0 fully saturated rings. The average Bonchev–Trinajstić information content (AvgIpc) is 2.46. The maximum atomic E-state index is 11.2. The fourth-order valence-electron chi connectivity index (χ4n) is 1.77. The molecule has 0 unspecified atom stereocenters. The molecule has 2 aromatic carbocycles. The fourth-order valence-corrected chi connectivity index (χ4v) is 1.77. The Morgan fingerprint density at radius 1 is 0.944 bits per heavy atom. The highest BCUT2D eigenvalue weighted by molar-refractivity contribution is 5.75. The number of nitrogens with one attached hydrogen (secondary N) is 1. The summed E-state index contributed by atoms with van der Waals surface area (Å²) in [6, 6.07) is 18.5. The van der Waals surface area contributed by atoms with Crippen LogP contribution >= 0.6 is 0 Å². The van der Waals surface area contributed by atoms with E-state index in [1.54, 1.807) is 0 Å². The quantitative estimate of drug-likeness (QED) is 0.870. The van der Waals surface area contributed by atoms with E-state index in [9.17, 15) is 4.79 Å². The molecule has 92 valence electrons. The molecule has 0 aliphatic carbocycles. The minimum absolute atomic E-state index is 0.0853. The second-order valence-corrected chi connectivity index (χ2v) is 4.19. The number of hydrogen-bond donors (Lipinski definition) is 1. The van der Waals surface area contributed by atoms with E-state index >= 15 is 0 Å². The van der Waals surface area contributed by atoms with Crippen molar-refractivity contribution in [2.24, 2.45) is 0 Å². The Bertz CT molecular complexity index is 502. The van der Waals surface area contributed by atoms with Crippen molar-refractivity contribution in [3.05, 3.63) is 60.2 Å². The SMILES string of the molecule is CCC(=O)NCc1ccc(-c2ccccc2)cc1. The second-order valence-electron chi connectivity index (χ2n) is 4.19. The van der Waals surface area contributed by atoms with Gasteiger partial charge in [0.1, 0.15) is 0 Å². The summed E-state index contributed by atoms with van der Waals surface area (Å²) >= 11 is 0. The number of benzene rings is 2. The number of amides is 1. The molecule has 0 bridgehead atoms. The molecular weight excluding hydrogens is 222 g/mol. The van der Waals surface area contributed by atoms with E-state index in [2.05, 4.69) is 41.7 Å². The van der Waals surface area contributed by atoms with Crippen molar-refractivity contribution in [3.63, 3.8) is 0 Å². The molecule has 0 spiro atoms. The molecule has 0 saturated carbocycles. The molecule has 2 rings (SSSR count). The summed E-state index contributed by atoms with van der Waals surface area (Å²) in [5.74, 6) is 0.0853. The lowest BCUT2D eigenvalue weighted by atomic mass is 10.0. The van der Waals surface area contributed by atoms with Crippen LogP contribution in [0.25, 0.3) is 11.1 Å². The van der Waals surface area contributed by atoms with Crippen LogP contribution in [-0.4, -0.2) is 5.91 Å². The molecule has 0 radical (unpaired) electrons. The lowest BCUT2D eigenvalue weighted by Gasteiger charge is -2.05. The van der Waals surface area contributed by atoms with Crippen LogP contribution < -0.4 is 5.32 Å². The summed E-state index contributed by atoms with van der Waals surface area (Å²) < 4.78 is 0. The van der Waals surface area contributed by atoms with Gasteiger partial charge in [0.15, 0.2) is 0 Å². The average molecular weight is 239 g/mol. The lowest BCUT2D eigenvalue weighted by molar-refractivity contribution is -0.120. The predicted molar refractivity (Wildman–Crippen MR) is 74.0 cm³/mol. The summed E-state index contributed by atoms with van der Waals surface area (Å²) in [5, 5.41) is 2.87. The van der Waals surface area contributed by atoms with E-state index in [-0.39, 0.29) is 5.91 Å². The van der Waals surface area contributed by atoms with Gasteiger partial charge in [-0.25, -0.2) is 0 Å². The van der Waals surface area contributed by atoms with Crippen molar-refractivity contribution >= 4 is 5.91 Å². The van der Waals surface area contributed by atoms with Gasteiger partial charge >= 0.3 is 0 Å². The topological polar surface area (TPSA) is 29.1 Å². The van der Waals surface area contributed by atoms with Crippen molar-refractivity contribution in [3.8, 4) is 11.1 Å². The fraction of sp³-hybridized carbons (Fsp3) is 0.188. The van der Waals surface area contributed by atoms with Crippen LogP contribution in [0.4, 0.5) is 0 Å². The number of hydrogen-bond acceptors (Lipinski definition) is 1. The Balaban J connectivity index is 2.04. The molecule has 0 aliphatic rings. The van der Waals surface area contributed by atoms with E-state index in [0.29, 0.717) is 13.0 Å². The molecule has 2 aromatic rings. The number of carbonyl (C=O) groups excluding carboxylic acids is 1. The van der Waals surface area contributed by atoms with Gasteiger partial charge in [-0.3, -0.25) is 4.79 Å². The van der Waals surface area contributed by atoms with E-state index in [1.807, 2.05) is 25.1 Å². The van der Waals surface area contributed by atoms with Crippen LogP contribution in [-0.2, 0) is 11.3 Å². The standard InChI is InChI=1S/C16H17NO/c1-2-16(18)17-12-13-8-10-15(11-9-13)14-6-4-3-5-7-14/h3-11H,2,12H2,1H3,(H,17,18). The monoisotopic (exact) mass is 239 g/mol. The molecule has 0 aromatic heterocycles. The highest BCUT2D eigenvalue weighted by Crippen LogP contribution is 2.19. The molecule has 0 heterocycles. The van der Waals surface area contributed by atoms with Gasteiger partial charge in [0.25, 0.3) is 0 Å². The lowest BCUT2D eigenvalue weighted by Crippen LogP contribution is -2.21. The summed E-state index contributed by atoms with van der Waals surface area (Å²) in [7, 11) is 0. The molecular formula is C16H17NO. The second kappa shape index (κ2) is 6.01. The van der Waals surface area contributed by atoms with Crippen molar-refractivity contribution < 1.29 is 4.79 Å². The van der Waals surface area contributed by atoms with E-state index in [0.717, 1.165) is 5.56 Å². The number of rotatable bonds is 4. The largest absolute Gasteiger partial charge is 0.352 e. The maximum Gasteiger partial charge on any atom is 0.219 e. The summed E-state index contributed by atoms with van der Waals surface area (Å²) in [6.45, 7) is 2.45. The summed E-state index contributed by atoms with van der Waals surface area (Å²) in [4.78, 5) is 11.2. The smallest absolute Gasteiger partial charge is 0.219 e. The van der Waals surface area contributed by atoms with Gasteiger partial charge in [0.2, 0.25) is 5.91 Å². The Labute approximate surface area is 108 Å². The molecule has 2 heteroatoms. The highest BCUT2D eigenvalue weighted by Gasteiger charge is 1.99. The Hall–Kier alpha value is -2.09. The first-order chi connectivity index (χ1) is 8.79. The summed E-state index contributed by atoms with van der Waals surface area (Å²) in [6.07, 6.45) is 0.530. The van der Waals surface area contributed by atoms with Crippen LogP contribution in [0.3, 0.4) is 0 Å². The normalized spacial score (nSPS) is 10.1. The maximum absolute atomic E-state index is 11.2. The van der Waals surface area contributed by atoms with Crippen molar-refractivity contribution in [1.82, 2.24) is 5.32 Å². The first-order valence-corrected chi connectivity index (χ1v) is 6.20. The van der Waals surface area contributed by atoms with E-state index in [1.165, 1.54) is 11.1 Å². The van der Waals surface area contributed by atoms with Crippen LogP contribution in [0.15, 0.2) is 54.6 Å². The molecule has 0 aliphatic heterocycles. The zero-order valence-electron chi connectivity index (χ0n) is 10.5. The minimum atomic E-state index is 0.0853. The zero-order chi connectivity index (χ0) is 12.8. The van der Waals surface area contributed by atoms with Crippen molar-refractivity contribution in [2.45, 2.75) is 19.9 Å². The molecule has 0 atom stereocenters. The first-order valence-electron chi connectivity index (χ1n) is 6.20.